The van der Waals surface area contributed by atoms with E-state index < -0.39 is 0 Å². The van der Waals surface area contributed by atoms with Crippen molar-refractivity contribution in [2.45, 2.75) is 12.3 Å². The number of rotatable bonds is 6. The number of allylic oxidation sites excluding steroid dienone is 4. The zero-order chi connectivity index (χ0) is 35.1. The van der Waals surface area contributed by atoms with Gasteiger partial charge in [-0.05, 0) is 68.1 Å². The Morgan fingerprint density at radius 2 is 1.09 bits per heavy atom. The average Bonchev–Trinajstić information content (AvgIpc) is 3.65. The van der Waals surface area contributed by atoms with Gasteiger partial charge in [-0.1, -0.05) is 176 Å². The molecular formula is C50H35N3. The van der Waals surface area contributed by atoms with Crippen LogP contribution in [0, 0.1) is 0 Å². The average molecular weight is 678 g/mol. The van der Waals surface area contributed by atoms with Crippen LogP contribution in [-0.2, 0) is 0 Å². The van der Waals surface area contributed by atoms with Crippen LogP contribution in [0.25, 0.3) is 83.0 Å². The third kappa shape index (κ3) is 5.37. The summed E-state index contributed by atoms with van der Waals surface area (Å²) in [7, 11) is 0. The van der Waals surface area contributed by atoms with E-state index in [1.54, 1.807) is 0 Å². The Morgan fingerprint density at radius 1 is 0.472 bits per heavy atom. The summed E-state index contributed by atoms with van der Waals surface area (Å²) >= 11 is 0. The van der Waals surface area contributed by atoms with Crippen molar-refractivity contribution in [3.8, 4) is 50.7 Å². The molecule has 0 radical (unpaired) electrons. The summed E-state index contributed by atoms with van der Waals surface area (Å²) < 4.78 is 2.31. The monoisotopic (exact) mass is 677 g/mol. The Bertz CT molecular complexity index is 2810. The van der Waals surface area contributed by atoms with Gasteiger partial charge in [0.15, 0.2) is 0 Å². The van der Waals surface area contributed by atoms with Gasteiger partial charge < -0.3 is 0 Å². The standard InChI is InChI=1S/C50H35N3/c1-4-18-35(19-5-1)48-49(36-20-6-2-7-21-36)53(50(52-48)37-22-8-3-9-23-37)45-30-16-29-44(51-45)47-42-27-14-12-25-40(42)46(41-26-13-15-28-43(41)47)39-32-31-34-17-10-11-24-38(34)33-39/h1-22,24-33,37H,23H2. The highest BCUT2D eigenvalue weighted by Crippen LogP contribution is 2.44. The van der Waals surface area contributed by atoms with Crippen LogP contribution in [0.3, 0.4) is 0 Å². The third-order valence-corrected chi connectivity index (χ3v) is 10.5. The van der Waals surface area contributed by atoms with Gasteiger partial charge in [-0.15, -0.1) is 0 Å². The van der Waals surface area contributed by atoms with E-state index in [1.165, 1.54) is 43.4 Å². The van der Waals surface area contributed by atoms with Crippen LogP contribution < -0.4 is 0 Å². The Labute approximate surface area is 308 Å². The number of aromatic nitrogens is 3. The van der Waals surface area contributed by atoms with Gasteiger partial charge in [0.2, 0.25) is 0 Å². The van der Waals surface area contributed by atoms with Gasteiger partial charge in [-0.3, -0.25) is 4.57 Å². The molecule has 10 rings (SSSR count). The van der Waals surface area contributed by atoms with Crippen LogP contribution >= 0.6 is 0 Å². The lowest BCUT2D eigenvalue weighted by molar-refractivity contribution is 0.746. The van der Waals surface area contributed by atoms with E-state index >= 15 is 0 Å². The lowest BCUT2D eigenvalue weighted by Gasteiger charge is -2.20. The molecule has 0 saturated carbocycles. The predicted octanol–water partition coefficient (Wildman–Crippen LogP) is 13.0. The molecular weight excluding hydrogens is 643 g/mol. The number of pyridine rings is 1. The molecule has 2 aromatic heterocycles. The van der Waals surface area contributed by atoms with Crippen molar-refractivity contribution in [2.24, 2.45) is 0 Å². The second-order valence-electron chi connectivity index (χ2n) is 13.7. The first-order valence-corrected chi connectivity index (χ1v) is 18.3. The van der Waals surface area contributed by atoms with E-state index in [9.17, 15) is 0 Å². The highest BCUT2D eigenvalue weighted by atomic mass is 15.2. The van der Waals surface area contributed by atoms with E-state index in [0.29, 0.717) is 0 Å². The van der Waals surface area contributed by atoms with E-state index in [-0.39, 0.29) is 5.92 Å². The van der Waals surface area contributed by atoms with Gasteiger partial charge in [-0.2, -0.15) is 0 Å². The van der Waals surface area contributed by atoms with Crippen LogP contribution in [0.2, 0.25) is 0 Å². The molecule has 0 aliphatic heterocycles. The minimum absolute atomic E-state index is 0.105. The number of benzene rings is 7. The van der Waals surface area contributed by atoms with Crippen LogP contribution in [-0.4, -0.2) is 14.5 Å². The Balaban J connectivity index is 1.24. The molecule has 1 unspecified atom stereocenters. The number of hydrogen-bond donors (Lipinski definition) is 0. The largest absolute Gasteiger partial charge is 0.279 e. The van der Waals surface area contributed by atoms with Gasteiger partial charge in [0.1, 0.15) is 11.6 Å². The highest BCUT2D eigenvalue weighted by Gasteiger charge is 2.27. The van der Waals surface area contributed by atoms with Crippen LogP contribution in [0.1, 0.15) is 18.2 Å². The molecule has 1 aliphatic rings. The fourth-order valence-electron chi connectivity index (χ4n) is 8.10. The molecule has 2 heterocycles. The SMILES string of the molecule is C1=CCC(c2nc(-c3ccccc3)c(-c3ccccc3)n2-c2cccc(-c3c4ccccc4c(-c4ccc5ccccc5c4)c4ccccc34)n2)C=C1. The van der Waals surface area contributed by atoms with Gasteiger partial charge in [0.05, 0.1) is 17.1 Å². The lowest BCUT2D eigenvalue weighted by atomic mass is 9.87. The summed E-state index contributed by atoms with van der Waals surface area (Å²) in [6.45, 7) is 0. The zero-order valence-electron chi connectivity index (χ0n) is 29.1. The van der Waals surface area contributed by atoms with Crippen molar-refractivity contribution in [3.63, 3.8) is 0 Å². The second-order valence-corrected chi connectivity index (χ2v) is 13.7. The molecule has 0 bridgehead atoms. The normalized spacial score (nSPS) is 14.0. The second kappa shape index (κ2) is 13.0. The molecule has 9 aromatic rings. The minimum Gasteiger partial charge on any atom is -0.279 e. The Kier molecular flexibility index (Phi) is 7.62. The van der Waals surface area contributed by atoms with Gasteiger partial charge in [0.25, 0.3) is 0 Å². The first-order chi connectivity index (χ1) is 26.3. The van der Waals surface area contributed by atoms with Crippen molar-refractivity contribution in [1.82, 2.24) is 14.5 Å². The fraction of sp³-hybridized carbons (Fsp3) is 0.0400. The highest BCUT2D eigenvalue weighted by molar-refractivity contribution is 6.21. The summed E-state index contributed by atoms with van der Waals surface area (Å²) in [6.07, 6.45) is 9.63. The van der Waals surface area contributed by atoms with Crippen molar-refractivity contribution >= 4 is 32.3 Å². The summed E-state index contributed by atoms with van der Waals surface area (Å²) in [4.78, 5) is 11.1. The number of fused-ring (bicyclic) bond motifs is 3. The van der Waals surface area contributed by atoms with Crippen molar-refractivity contribution in [3.05, 3.63) is 200 Å². The van der Waals surface area contributed by atoms with E-state index in [2.05, 4.69) is 199 Å². The molecule has 0 fully saturated rings. The quantitative estimate of drug-likeness (QED) is 0.164. The first kappa shape index (κ1) is 30.9. The number of hydrogen-bond acceptors (Lipinski definition) is 2. The summed E-state index contributed by atoms with van der Waals surface area (Å²) in [5.41, 5.74) is 8.70. The lowest BCUT2D eigenvalue weighted by Crippen LogP contribution is -2.10. The van der Waals surface area contributed by atoms with Gasteiger partial charge >= 0.3 is 0 Å². The van der Waals surface area contributed by atoms with Crippen molar-refractivity contribution < 1.29 is 0 Å². The topological polar surface area (TPSA) is 30.7 Å². The maximum absolute atomic E-state index is 5.59. The molecule has 53 heavy (non-hydrogen) atoms. The van der Waals surface area contributed by atoms with Crippen LogP contribution in [0.15, 0.2) is 194 Å². The summed E-state index contributed by atoms with van der Waals surface area (Å²) in [5, 5.41) is 7.26. The number of imidazole rings is 1. The molecule has 3 nitrogen and oxygen atoms in total. The Hall–Kier alpha value is -6.84. The van der Waals surface area contributed by atoms with Crippen molar-refractivity contribution in [2.75, 3.05) is 0 Å². The predicted molar refractivity (Wildman–Crippen MR) is 221 cm³/mol. The molecule has 0 N–H and O–H groups in total. The molecule has 7 aromatic carbocycles. The molecule has 250 valence electrons. The third-order valence-electron chi connectivity index (χ3n) is 10.5. The summed E-state index contributed by atoms with van der Waals surface area (Å²) in [5.74, 6) is 1.93. The van der Waals surface area contributed by atoms with Crippen molar-refractivity contribution in [1.29, 1.82) is 0 Å². The zero-order valence-corrected chi connectivity index (χ0v) is 29.1. The van der Waals surface area contributed by atoms with Crippen LogP contribution in [0.4, 0.5) is 0 Å². The Morgan fingerprint density at radius 3 is 1.77 bits per heavy atom. The van der Waals surface area contributed by atoms with Crippen LogP contribution in [0.5, 0.6) is 0 Å². The molecule has 1 atom stereocenters. The first-order valence-electron chi connectivity index (χ1n) is 18.3. The molecule has 3 heteroatoms. The molecule has 0 spiro atoms. The van der Waals surface area contributed by atoms with E-state index in [1.807, 2.05) is 0 Å². The minimum atomic E-state index is 0.105. The van der Waals surface area contributed by atoms with E-state index in [4.69, 9.17) is 9.97 Å². The fourth-order valence-corrected chi connectivity index (χ4v) is 8.10. The maximum atomic E-state index is 5.59. The van der Waals surface area contributed by atoms with Gasteiger partial charge in [-0.25, -0.2) is 9.97 Å². The summed E-state index contributed by atoms with van der Waals surface area (Å²) in [6, 6.07) is 60.6. The van der Waals surface area contributed by atoms with E-state index in [0.717, 1.165) is 51.8 Å². The molecule has 1 aliphatic carbocycles. The smallest absolute Gasteiger partial charge is 0.139 e. The molecule has 0 saturated heterocycles. The van der Waals surface area contributed by atoms with Gasteiger partial charge in [0, 0.05) is 22.6 Å². The maximum Gasteiger partial charge on any atom is 0.139 e. The number of nitrogens with zero attached hydrogens (tertiary/aromatic N) is 3. The molecule has 0 amide bonds.